The Balaban J connectivity index is 1.39. The Morgan fingerprint density at radius 1 is 0.882 bits per heavy atom. The summed E-state index contributed by atoms with van der Waals surface area (Å²) < 4.78 is 27.0. The molecule has 0 saturated carbocycles. The van der Waals surface area contributed by atoms with Crippen LogP contribution in [0.5, 0.6) is 0 Å². The Hall–Kier alpha value is -3.09. The lowest BCUT2D eigenvalue weighted by atomic mass is 9.74. The van der Waals surface area contributed by atoms with E-state index in [9.17, 15) is 18.7 Å². The Morgan fingerprint density at radius 2 is 1.56 bits per heavy atom. The third kappa shape index (κ3) is 4.36. The third-order valence-corrected chi connectivity index (χ3v) is 7.20. The predicted molar refractivity (Wildman–Crippen MR) is 127 cm³/mol. The van der Waals surface area contributed by atoms with E-state index in [1.165, 1.54) is 24.3 Å². The van der Waals surface area contributed by atoms with Gasteiger partial charge in [-0.15, -0.1) is 0 Å². The first-order valence-corrected chi connectivity index (χ1v) is 11.8. The molecule has 2 aliphatic heterocycles. The van der Waals surface area contributed by atoms with E-state index in [1.807, 2.05) is 17.0 Å². The van der Waals surface area contributed by atoms with Crippen LogP contribution in [0.4, 0.5) is 8.78 Å². The lowest BCUT2D eigenvalue weighted by molar-refractivity contribution is -0.0606. The molecule has 2 heterocycles. The first-order chi connectivity index (χ1) is 16.5. The molecule has 176 valence electrons. The molecule has 2 fully saturated rings. The molecular formula is C28H28F2N2O2. The summed E-state index contributed by atoms with van der Waals surface area (Å²) in [5.74, 6) is -0.739. The summed E-state index contributed by atoms with van der Waals surface area (Å²) in [6.07, 6.45) is 1.82. The number of hydrogen-bond acceptors (Lipinski definition) is 3. The smallest absolute Gasteiger partial charge is 0.254 e. The Labute approximate surface area is 198 Å². The molecule has 2 aliphatic rings. The number of aliphatic hydroxyl groups excluding tert-OH is 1. The summed E-state index contributed by atoms with van der Waals surface area (Å²) in [6.45, 7) is 2.12. The molecule has 2 saturated heterocycles. The maximum atomic E-state index is 13.7. The molecule has 0 unspecified atom stereocenters. The van der Waals surface area contributed by atoms with E-state index in [0.29, 0.717) is 18.7 Å². The first-order valence-electron chi connectivity index (χ1n) is 11.8. The average molecular weight is 463 g/mol. The molecule has 34 heavy (non-hydrogen) atoms. The number of hydrogen-bond donors (Lipinski definition) is 1. The van der Waals surface area contributed by atoms with Crippen LogP contribution in [0.2, 0.25) is 0 Å². The Bertz CT molecular complexity index is 1150. The number of benzene rings is 3. The van der Waals surface area contributed by atoms with Crippen LogP contribution in [0.3, 0.4) is 0 Å². The van der Waals surface area contributed by atoms with Gasteiger partial charge in [-0.2, -0.15) is 0 Å². The zero-order chi connectivity index (χ0) is 23.7. The number of rotatable bonds is 4. The fourth-order valence-electron chi connectivity index (χ4n) is 5.47. The molecule has 0 spiro atoms. The molecule has 3 aromatic rings. The summed E-state index contributed by atoms with van der Waals surface area (Å²) in [5, 5.41) is 10.2. The SMILES string of the molecule is O=C(c1cccc(F)c1)N1CCCCN2[C@H](C1)[C@@H](c1ccc(-c3ccc(F)cc3)cc1)[C@@H]2CO. The number of carbonyl (C=O) groups is 1. The van der Waals surface area contributed by atoms with Gasteiger partial charge in [-0.1, -0.05) is 42.5 Å². The molecule has 4 nitrogen and oxygen atoms in total. The lowest BCUT2D eigenvalue weighted by Crippen LogP contribution is -2.67. The number of aliphatic hydroxyl groups is 1. The molecule has 0 bridgehead atoms. The molecule has 0 aliphatic carbocycles. The summed E-state index contributed by atoms with van der Waals surface area (Å²) in [4.78, 5) is 17.3. The van der Waals surface area contributed by atoms with Crippen LogP contribution in [-0.2, 0) is 0 Å². The van der Waals surface area contributed by atoms with Crippen LogP contribution in [0.15, 0.2) is 72.8 Å². The normalized spacial score (nSPS) is 22.9. The number of amides is 1. The van der Waals surface area contributed by atoms with Gasteiger partial charge in [0, 0.05) is 36.7 Å². The molecule has 0 radical (unpaired) electrons. The Morgan fingerprint density at radius 3 is 2.24 bits per heavy atom. The minimum absolute atomic E-state index is 0.00546. The summed E-state index contributed by atoms with van der Waals surface area (Å²) in [7, 11) is 0. The monoisotopic (exact) mass is 462 g/mol. The topological polar surface area (TPSA) is 43.8 Å². The molecule has 5 rings (SSSR count). The fourth-order valence-corrected chi connectivity index (χ4v) is 5.47. The van der Waals surface area contributed by atoms with Crippen molar-refractivity contribution in [3.05, 3.63) is 95.6 Å². The summed E-state index contributed by atoms with van der Waals surface area (Å²) in [5.41, 5.74) is 3.43. The minimum atomic E-state index is -0.414. The van der Waals surface area contributed by atoms with E-state index >= 15 is 0 Å². The molecule has 1 amide bonds. The van der Waals surface area contributed by atoms with E-state index in [-0.39, 0.29) is 36.3 Å². The van der Waals surface area contributed by atoms with Crippen molar-refractivity contribution in [3.8, 4) is 11.1 Å². The molecule has 0 aromatic heterocycles. The second kappa shape index (κ2) is 9.65. The van der Waals surface area contributed by atoms with E-state index in [1.54, 1.807) is 24.3 Å². The predicted octanol–water partition coefficient (Wildman–Crippen LogP) is 4.70. The average Bonchev–Trinajstić information content (AvgIpc) is 2.83. The van der Waals surface area contributed by atoms with Crippen molar-refractivity contribution in [2.45, 2.75) is 30.8 Å². The zero-order valence-corrected chi connectivity index (χ0v) is 18.9. The quantitative estimate of drug-likeness (QED) is 0.612. The molecular weight excluding hydrogens is 434 g/mol. The van der Waals surface area contributed by atoms with Crippen molar-refractivity contribution < 1.29 is 18.7 Å². The second-order valence-electron chi connectivity index (χ2n) is 9.18. The maximum Gasteiger partial charge on any atom is 0.254 e. The van der Waals surface area contributed by atoms with E-state index in [2.05, 4.69) is 17.0 Å². The lowest BCUT2D eigenvalue weighted by Gasteiger charge is -2.57. The van der Waals surface area contributed by atoms with Crippen LogP contribution in [0.1, 0.15) is 34.7 Å². The van der Waals surface area contributed by atoms with Gasteiger partial charge in [0.1, 0.15) is 11.6 Å². The van der Waals surface area contributed by atoms with E-state index < -0.39 is 5.82 Å². The number of halogens is 2. The zero-order valence-electron chi connectivity index (χ0n) is 18.9. The van der Waals surface area contributed by atoms with Gasteiger partial charge in [-0.05, 0) is 66.4 Å². The summed E-state index contributed by atoms with van der Waals surface area (Å²) >= 11 is 0. The third-order valence-electron chi connectivity index (χ3n) is 7.20. The van der Waals surface area contributed by atoms with Crippen LogP contribution < -0.4 is 0 Å². The van der Waals surface area contributed by atoms with Gasteiger partial charge >= 0.3 is 0 Å². The molecule has 3 atom stereocenters. The van der Waals surface area contributed by atoms with E-state index in [4.69, 9.17) is 0 Å². The van der Waals surface area contributed by atoms with E-state index in [0.717, 1.165) is 36.1 Å². The highest BCUT2D eigenvalue weighted by atomic mass is 19.1. The van der Waals surface area contributed by atoms with Crippen molar-refractivity contribution in [1.29, 1.82) is 0 Å². The fraction of sp³-hybridized carbons (Fsp3) is 0.321. The largest absolute Gasteiger partial charge is 0.395 e. The van der Waals surface area contributed by atoms with Gasteiger partial charge in [0.05, 0.1) is 6.61 Å². The maximum absolute atomic E-state index is 13.7. The highest BCUT2D eigenvalue weighted by Gasteiger charge is 2.49. The van der Waals surface area contributed by atoms with Crippen LogP contribution >= 0.6 is 0 Å². The minimum Gasteiger partial charge on any atom is -0.395 e. The van der Waals surface area contributed by atoms with Gasteiger partial charge < -0.3 is 10.0 Å². The first kappa shape index (κ1) is 22.7. The number of nitrogens with zero attached hydrogens (tertiary/aromatic N) is 2. The summed E-state index contributed by atoms with van der Waals surface area (Å²) in [6, 6.07) is 20.6. The van der Waals surface area contributed by atoms with Gasteiger partial charge in [-0.3, -0.25) is 9.69 Å². The highest BCUT2D eigenvalue weighted by Crippen LogP contribution is 2.42. The van der Waals surface area contributed by atoms with Crippen molar-refractivity contribution in [3.63, 3.8) is 0 Å². The van der Waals surface area contributed by atoms with Crippen LogP contribution in [0, 0.1) is 11.6 Å². The van der Waals surface area contributed by atoms with Crippen LogP contribution in [0.25, 0.3) is 11.1 Å². The van der Waals surface area contributed by atoms with Crippen molar-refractivity contribution in [2.24, 2.45) is 0 Å². The second-order valence-corrected chi connectivity index (χ2v) is 9.18. The van der Waals surface area contributed by atoms with Crippen molar-refractivity contribution >= 4 is 5.91 Å². The molecule has 1 N–H and O–H groups in total. The number of carbonyl (C=O) groups excluding carboxylic acids is 1. The van der Waals surface area contributed by atoms with Gasteiger partial charge in [0.2, 0.25) is 0 Å². The standard InChI is InChI=1S/C28H28F2N2O2/c29-23-12-10-20(11-13-23)19-6-8-21(9-7-19)27-25-17-31(14-1-2-15-32(25)26(27)18-33)28(34)22-4-3-5-24(30)16-22/h3-13,16,25-27,33H,1-2,14-15,17-18H2/t25-,26+,27-/m1/s1. The van der Waals surface area contributed by atoms with Gasteiger partial charge in [-0.25, -0.2) is 8.78 Å². The Kier molecular flexibility index (Phi) is 6.44. The van der Waals surface area contributed by atoms with Gasteiger partial charge in [0.25, 0.3) is 5.91 Å². The van der Waals surface area contributed by atoms with Crippen molar-refractivity contribution in [2.75, 3.05) is 26.2 Å². The number of fused-ring (bicyclic) bond motifs is 1. The molecule has 3 aromatic carbocycles. The highest BCUT2D eigenvalue weighted by molar-refractivity contribution is 5.94. The van der Waals surface area contributed by atoms with Crippen molar-refractivity contribution in [1.82, 2.24) is 9.80 Å². The van der Waals surface area contributed by atoms with Gasteiger partial charge in [0.15, 0.2) is 0 Å². The molecule has 6 heteroatoms. The van der Waals surface area contributed by atoms with Crippen LogP contribution in [-0.4, -0.2) is 59.1 Å².